The zero-order valence-electron chi connectivity index (χ0n) is 13.5. The Morgan fingerprint density at radius 2 is 2.00 bits per heavy atom. The van der Waals surface area contributed by atoms with Crippen LogP contribution in [0.4, 0.5) is 11.4 Å². The number of halogens is 1. The summed E-state index contributed by atoms with van der Waals surface area (Å²) in [6.07, 6.45) is 6.80. The summed E-state index contributed by atoms with van der Waals surface area (Å²) in [5, 5.41) is 3.75. The third-order valence-corrected chi connectivity index (χ3v) is 5.15. The number of carbonyl (C=O) groups is 1. The Kier molecular flexibility index (Phi) is 5.79. The molecule has 1 aliphatic carbocycles. The van der Waals surface area contributed by atoms with Gasteiger partial charge in [0, 0.05) is 19.5 Å². The second-order valence-electron chi connectivity index (χ2n) is 6.47. The summed E-state index contributed by atoms with van der Waals surface area (Å²) in [6, 6.07) is 5.70. The van der Waals surface area contributed by atoms with Crippen molar-refractivity contribution in [1.29, 1.82) is 0 Å². The second kappa shape index (κ2) is 8.02. The van der Waals surface area contributed by atoms with Crippen molar-refractivity contribution in [2.45, 2.75) is 38.5 Å². The Morgan fingerprint density at radius 3 is 2.74 bits per heavy atom. The summed E-state index contributed by atoms with van der Waals surface area (Å²) in [4.78, 5) is 14.5. The highest BCUT2D eigenvalue weighted by Crippen LogP contribution is 2.35. The lowest BCUT2D eigenvalue weighted by Gasteiger charge is -2.31. The molecule has 0 unspecified atom stereocenters. The van der Waals surface area contributed by atoms with Crippen LogP contribution in [0.3, 0.4) is 0 Å². The Labute approximate surface area is 143 Å². The Bertz CT molecular complexity index is 538. The summed E-state index contributed by atoms with van der Waals surface area (Å²) in [7, 11) is 0. The maximum atomic E-state index is 12.3. The Morgan fingerprint density at radius 1 is 1.26 bits per heavy atom. The maximum absolute atomic E-state index is 12.3. The fraction of sp³-hybridized carbons (Fsp3) is 0.611. The number of morpholine rings is 1. The van der Waals surface area contributed by atoms with Crippen LogP contribution >= 0.6 is 11.6 Å². The predicted octanol–water partition coefficient (Wildman–Crippen LogP) is 4.09. The number of benzene rings is 1. The van der Waals surface area contributed by atoms with Crippen molar-refractivity contribution in [2.24, 2.45) is 5.92 Å². The van der Waals surface area contributed by atoms with E-state index in [1.165, 1.54) is 25.7 Å². The fourth-order valence-electron chi connectivity index (χ4n) is 3.57. The molecule has 2 fully saturated rings. The van der Waals surface area contributed by atoms with E-state index in [2.05, 4.69) is 10.2 Å². The monoisotopic (exact) mass is 336 g/mol. The molecule has 1 saturated heterocycles. The lowest BCUT2D eigenvalue weighted by Crippen LogP contribution is -2.37. The molecule has 1 saturated carbocycles. The number of rotatable bonds is 5. The minimum absolute atomic E-state index is 0.0914. The molecule has 3 rings (SSSR count). The van der Waals surface area contributed by atoms with Crippen molar-refractivity contribution in [3.05, 3.63) is 23.2 Å². The summed E-state index contributed by atoms with van der Waals surface area (Å²) in [6.45, 7) is 2.99. The van der Waals surface area contributed by atoms with Gasteiger partial charge in [0.25, 0.3) is 0 Å². The lowest BCUT2D eigenvalue weighted by atomic mass is 10.0. The van der Waals surface area contributed by atoms with E-state index in [1.54, 1.807) is 0 Å². The van der Waals surface area contributed by atoms with Crippen molar-refractivity contribution < 1.29 is 9.53 Å². The fourth-order valence-corrected chi connectivity index (χ4v) is 3.87. The van der Waals surface area contributed by atoms with Crippen LogP contribution in [0.15, 0.2) is 18.2 Å². The quantitative estimate of drug-likeness (QED) is 0.880. The van der Waals surface area contributed by atoms with Gasteiger partial charge in [-0.1, -0.05) is 43.4 Å². The Balaban J connectivity index is 1.64. The minimum Gasteiger partial charge on any atom is -0.378 e. The maximum Gasteiger partial charge on any atom is 0.224 e. The molecule has 5 heteroatoms. The molecule has 1 N–H and O–H groups in total. The number of nitrogens with zero attached hydrogens (tertiary/aromatic N) is 1. The zero-order valence-corrected chi connectivity index (χ0v) is 14.3. The molecule has 1 aromatic rings. The average Bonchev–Trinajstić information content (AvgIpc) is 3.07. The molecule has 0 bridgehead atoms. The van der Waals surface area contributed by atoms with Gasteiger partial charge in [0.2, 0.25) is 5.91 Å². The topological polar surface area (TPSA) is 41.6 Å². The average molecular weight is 337 g/mol. The zero-order chi connectivity index (χ0) is 16.1. The molecule has 23 heavy (non-hydrogen) atoms. The molecule has 1 heterocycles. The van der Waals surface area contributed by atoms with Crippen LogP contribution in [0.2, 0.25) is 5.02 Å². The first kappa shape index (κ1) is 16.6. The molecule has 4 nitrogen and oxygen atoms in total. The van der Waals surface area contributed by atoms with E-state index >= 15 is 0 Å². The first-order valence-electron chi connectivity index (χ1n) is 8.65. The highest BCUT2D eigenvalue weighted by atomic mass is 35.5. The largest absolute Gasteiger partial charge is 0.378 e. The molecule has 0 radical (unpaired) electrons. The molecular formula is C18H25ClN2O2. The van der Waals surface area contributed by atoms with Crippen LogP contribution < -0.4 is 10.2 Å². The number of hydrogen-bond acceptors (Lipinski definition) is 3. The van der Waals surface area contributed by atoms with Crippen LogP contribution in [0.1, 0.15) is 38.5 Å². The van der Waals surface area contributed by atoms with Gasteiger partial charge in [0.1, 0.15) is 0 Å². The van der Waals surface area contributed by atoms with Gasteiger partial charge in [-0.3, -0.25) is 4.79 Å². The molecule has 126 valence electrons. The summed E-state index contributed by atoms with van der Waals surface area (Å²) < 4.78 is 5.41. The molecular weight excluding hydrogens is 312 g/mol. The first-order valence-corrected chi connectivity index (χ1v) is 9.03. The van der Waals surface area contributed by atoms with Crippen LogP contribution in [0, 0.1) is 5.92 Å². The molecule has 1 aliphatic heterocycles. The standard InChI is InChI=1S/C18H25ClN2O2/c19-15-6-3-7-16(18(15)21-10-12-23-13-11-21)20-17(22)9-8-14-4-1-2-5-14/h3,6-7,14H,1-2,4-5,8-13H2,(H,20,22). The number of hydrogen-bond donors (Lipinski definition) is 1. The van der Waals surface area contributed by atoms with Crippen molar-refractivity contribution in [2.75, 3.05) is 36.5 Å². The van der Waals surface area contributed by atoms with Crippen molar-refractivity contribution in [1.82, 2.24) is 0 Å². The van der Waals surface area contributed by atoms with Crippen molar-refractivity contribution in [3.63, 3.8) is 0 Å². The second-order valence-corrected chi connectivity index (χ2v) is 6.88. The van der Waals surface area contributed by atoms with Crippen LogP contribution in [-0.4, -0.2) is 32.2 Å². The van der Waals surface area contributed by atoms with E-state index in [-0.39, 0.29) is 5.91 Å². The van der Waals surface area contributed by atoms with Gasteiger partial charge in [0.15, 0.2) is 0 Å². The van der Waals surface area contributed by atoms with Gasteiger partial charge < -0.3 is 15.0 Å². The van der Waals surface area contributed by atoms with Gasteiger partial charge >= 0.3 is 0 Å². The molecule has 1 amide bonds. The van der Waals surface area contributed by atoms with Crippen molar-refractivity contribution in [3.8, 4) is 0 Å². The highest BCUT2D eigenvalue weighted by molar-refractivity contribution is 6.34. The molecule has 0 spiro atoms. The number of nitrogens with one attached hydrogen (secondary N) is 1. The SMILES string of the molecule is O=C(CCC1CCCC1)Nc1cccc(Cl)c1N1CCOCC1. The van der Waals surface area contributed by atoms with Crippen LogP contribution in [0.5, 0.6) is 0 Å². The molecule has 2 aliphatic rings. The number of ether oxygens (including phenoxy) is 1. The third-order valence-electron chi connectivity index (χ3n) is 4.84. The highest BCUT2D eigenvalue weighted by Gasteiger charge is 2.20. The summed E-state index contributed by atoms with van der Waals surface area (Å²) in [5.41, 5.74) is 1.74. The minimum atomic E-state index is 0.0914. The van der Waals surface area contributed by atoms with Gasteiger partial charge in [-0.2, -0.15) is 0 Å². The van der Waals surface area contributed by atoms with E-state index in [4.69, 9.17) is 16.3 Å². The predicted molar refractivity (Wildman–Crippen MR) is 94.3 cm³/mol. The summed E-state index contributed by atoms with van der Waals surface area (Å²) >= 11 is 6.39. The number of carbonyl (C=O) groups excluding carboxylic acids is 1. The molecule has 0 atom stereocenters. The van der Waals surface area contributed by atoms with Gasteiger partial charge in [-0.15, -0.1) is 0 Å². The summed E-state index contributed by atoms with van der Waals surface area (Å²) in [5.74, 6) is 0.826. The van der Waals surface area contributed by atoms with E-state index in [0.717, 1.165) is 36.8 Å². The van der Waals surface area contributed by atoms with E-state index in [0.29, 0.717) is 24.7 Å². The third kappa shape index (κ3) is 4.39. The lowest BCUT2D eigenvalue weighted by molar-refractivity contribution is -0.116. The van der Waals surface area contributed by atoms with Gasteiger partial charge in [-0.25, -0.2) is 0 Å². The van der Waals surface area contributed by atoms with Crippen molar-refractivity contribution >= 4 is 28.9 Å². The number of para-hydroxylation sites is 1. The smallest absolute Gasteiger partial charge is 0.224 e. The Hall–Kier alpha value is -1.26. The normalized spacial score (nSPS) is 19.1. The van der Waals surface area contributed by atoms with E-state index in [1.807, 2.05) is 18.2 Å². The van der Waals surface area contributed by atoms with Crippen LogP contribution in [-0.2, 0) is 9.53 Å². The van der Waals surface area contributed by atoms with Crippen LogP contribution in [0.25, 0.3) is 0 Å². The molecule has 0 aromatic heterocycles. The number of amides is 1. The van der Waals surface area contributed by atoms with Gasteiger partial charge in [-0.05, 0) is 24.5 Å². The number of anilines is 2. The van der Waals surface area contributed by atoms with E-state index in [9.17, 15) is 4.79 Å². The first-order chi connectivity index (χ1) is 11.2. The molecule has 1 aromatic carbocycles. The van der Waals surface area contributed by atoms with E-state index < -0.39 is 0 Å². The van der Waals surface area contributed by atoms with Gasteiger partial charge in [0.05, 0.1) is 29.6 Å².